The van der Waals surface area contributed by atoms with Crippen molar-refractivity contribution in [3.05, 3.63) is 25.3 Å². The van der Waals surface area contributed by atoms with Crippen molar-refractivity contribution in [3.63, 3.8) is 0 Å². The molecule has 0 aromatic heterocycles. The molecule has 96 valence electrons. The van der Waals surface area contributed by atoms with Crippen LogP contribution in [0.15, 0.2) is 25.3 Å². The minimum absolute atomic E-state index is 0.0164. The Kier molecular flexibility index (Phi) is 8.68. The van der Waals surface area contributed by atoms with E-state index in [4.69, 9.17) is 14.2 Å². The molecular formula is C12H18O5. The van der Waals surface area contributed by atoms with Crippen LogP contribution in [0.3, 0.4) is 0 Å². The minimum atomic E-state index is -0.555. The zero-order valence-electron chi connectivity index (χ0n) is 10.0. The van der Waals surface area contributed by atoms with Gasteiger partial charge in [-0.3, -0.25) is 0 Å². The van der Waals surface area contributed by atoms with Crippen LogP contribution in [0, 0.1) is 0 Å². The van der Waals surface area contributed by atoms with Crippen molar-refractivity contribution in [2.75, 3.05) is 19.8 Å². The first kappa shape index (κ1) is 15.4. The van der Waals surface area contributed by atoms with Gasteiger partial charge in [0, 0.05) is 25.2 Å². The molecular weight excluding hydrogens is 224 g/mol. The molecule has 0 rings (SSSR count). The van der Waals surface area contributed by atoms with Crippen molar-refractivity contribution >= 4 is 11.9 Å². The monoisotopic (exact) mass is 242 g/mol. The van der Waals surface area contributed by atoms with Gasteiger partial charge in [0.05, 0.1) is 6.61 Å². The summed E-state index contributed by atoms with van der Waals surface area (Å²) in [6, 6.07) is 0. The van der Waals surface area contributed by atoms with E-state index < -0.39 is 18.0 Å². The van der Waals surface area contributed by atoms with Crippen molar-refractivity contribution in [2.45, 2.75) is 19.4 Å². The molecule has 0 amide bonds. The third-order valence-corrected chi connectivity index (χ3v) is 1.82. The number of carbonyl (C=O) groups excluding carboxylic acids is 2. The third-order valence-electron chi connectivity index (χ3n) is 1.82. The summed E-state index contributed by atoms with van der Waals surface area (Å²) in [6.45, 7) is 9.41. The molecule has 0 saturated heterocycles. The quantitative estimate of drug-likeness (QED) is 0.346. The molecule has 5 heteroatoms. The molecule has 0 aliphatic heterocycles. The summed E-state index contributed by atoms with van der Waals surface area (Å²) in [4.78, 5) is 21.9. The highest BCUT2D eigenvalue weighted by Gasteiger charge is 2.14. The summed E-state index contributed by atoms with van der Waals surface area (Å²) < 4.78 is 14.9. The topological polar surface area (TPSA) is 61.8 Å². The molecule has 1 atom stereocenters. The van der Waals surface area contributed by atoms with E-state index in [1.54, 1.807) is 0 Å². The maximum absolute atomic E-state index is 11.0. The zero-order chi connectivity index (χ0) is 13.1. The summed E-state index contributed by atoms with van der Waals surface area (Å²) in [5, 5.41) is 0. The Balaban J connectivity index is 4.08. The first-order valence-electron chi connectivity index (χ1n) is 5.34. The molecule has 0 aromatic rings. The van der Waals surface area contributed by atoms with Crippen LogP contribution in [-0.4, -0.2) is 37.9 Å². The molecule has 0 aliphatic carbocycles. The second-order valence-corrected chi connectivity index (χ2v) is 3.08. The number of hydrogen-bond acceptors (Lipinski definition) is 5. The van der Waals surface area contributed by atoms with Gasteiger partial charge in [0.25, 0.3) is 0 Å². The van der Waals surface area contributed by atoms with Gasteiger partial charge in [-0.25, -0.2) is 9.59 Å². The highest BCUT2D eigenvalue weighted by molar-refractivity contribution is 5.82. The van der Waals surface area contributed by atoms with E-state index in [9.17, 15) is 9.59 Å². The van der Waals surface area contributed by atoms with Crippen molar-refractivity contribution < 1.29 is 23.8 Å². The third kappa shape index (κ3) is 8.21. The van der Waals surface area contributed by atoms with Crippen LogP contribution < -0.4 is 0 Å². The van der Waals surface area contributed by atoms with Gasteiger partial charge >= 0.3 is 11.9 Å². The number of ether oxygens (including phenoxy) is 3. The summed E-state index contributed by atoms with van der Waals surface area (Å²) >= 11 is 0. The predicted molar refractivity (Wildman–Crippen MR) is 62.3 cm³/mol. The van der Waals surface area contributed by atoms with Crippen molar-refractivity contribution in [1.29, 1.82) is 0 Å². The first-order chi connectivity index (χ1) is 8.13. The molecule has 0 N–H and O–H groups in total. The van der Waals surface area contributed by atoms with Gasteiger partial charge in [0.15, 0.2) is 0 Å². The van der Waals surface area contributed by atoms with Crippen LogP contribution in [0.5, 0.6) is 0 Å². The zero-order valence-corrected chi connectivity index (χ0v) is 10.0. The number of rotatable bonds is 9. The lowest BCUT2D eigenvalue weighted by Crippen LogP contribution is -2.25. The van der Waals surface area contributed by atoms with Crippen LogP contribution >= 0.6 is 0 Å². The van der Waals surface area contributed by atoms with Gasteiger partial charge in [-0.1, -0.05) is 13.2 Å². The fraction of sp³-hybridized carbons (Fsp3) is 0.500. The van der Waals surface area contributed by atoms with Gasteiger partial charge < -0.3 is 14.2 Å². The Bertz CT molecular complexity index is 272. The molecule has 0 fully saturated rings. The Morgan fingerprint density at radius 1 is 1.24 bits per heavy atom. The summed E-state index contributed by atoms with van der Waals surface area (Å²) in [5.74, 6) is -1.11. The molecule has 1 unspecified atom stereocenters. The van der Waals surface area contributed by atoms with Crippen LogP contribution in [0.4, 0.5) is 0 Å². The molecule has 0 spiro atoms. The Morgan fingerprint density at radius 3 is 2.41 bits per heavy atom. The SMILES string of the molecule is C=CC(=O)OCC(CCOCC)OC(=O)C=C. The average Bonchev–Trinajstić information content (AvgIpc) is 2.35. The summed E-state index contributed by atoms with van der Waals surface area (Å²) in [6.07, 6.45) is 2.03. The highest BCUT2D eigenvalue weighted by Crippen LogP contribution is 2.02. The molecule has 5 nitrogen and oxygen atoms in total. The molecule has 17 heavy (non-hydrogen) atoms. The number of carbonyl (C=O) groups is 2. The lowest BCUT2D eigenvalue weighted by Gasteiger charge is -2.16. The van der Waals surface area contributed by atoms with E-state index in [0.29, 0.717) is 19.6 Å². The van der Waals surface area contributed by atoms with E-state index in [1.165, 1.54) is 0 Å². The van der Waals surface area contributed by atoms with Crippen molar-refractivity contribution in [3.8, 4) is 0 Å². The highest BCUT2D eigenvalue weighted by atomic mass is 16.6. The maximum atomic E-state index is 11.0. The smallest absolute Gasteiger partial charge is 0.330 e. The molecule has 0 saturated carbocycles. The second kappa shape index (κ2) is 9.59. The predicted octanol–water partition coefficient (Wildman–Crippen LogP) is 1.24. The molecule has 0 aromatic carbocycles. The number of esters is 2. The van der Waals surface area contributed by atoms with Gasteiger partial charge in [0.2, 0.25) is 0 Å². The largest absolute Gasteiger partial charge is 0.459 e. The van der Waals surface area contributed by atoms with Crippen molar-refractivity contribution in [1.82, 2.24) is 0 Å². The number of hydrogen-bond donors (Lipinski definition) is 0. The Labute approximate surface area is 101 Å². The van der Waals surface area contributed by atoms with E-state index in [0.717, 1.165) is 12.2 Å². The van der Waals surface area contributed by atoms with Crippen molar-refractivity contribution in [2.24, 2.45) is 0 Å². The first-order valence-corrected chi connectivity index (χ1v) is 5.34. The van der Waals surface area contributed by atoms with E-state index >= 15 is 0 Å². The van der Waals surface area contributed by atoms with Gasteiger partial charge in [0.1, 0.15) is 12.7 Å². The Morgan fingerprint density at radius 2 is 1.88 bits per heavy atom. The molecule has 0 bridgehead atoms. The minimum Gasteiger partial charge on any atom is -0.459 e. The molecule has 0 radical (unpaired) electrons. The summed E-state index contributed by atoms with van der Waals surface area (Å²) in [7, 11) is 0. The lowest BCUT2D eigenvalue weighted by molar-refractivity contribution is -0.153. The Hall–Kier alpha value is -1.62. The fourth-order valence-corrected chi connectivity index (χ4v) is 0.982. The van der Waals surface area contributed by atoms with Gasteiger partial charge in [-0.05, 0) is 6.92 Å². The maximum Gasteiger partial charge on any atom is 0.330 e. The van der Waals surface area contributed by atoms with Crippen LogP contribution in [-0.2, 0) is 23.8 Å². The van der Waals surface area contributed by atoms with Crippen LogP contribution in [0.25, 0.3) is 0 Å². The summed E-state index contributed by atoms with van der Waals surface area (Å²) in [5.41, 5.74) is 0. The lowest BCUT2D eigenvalue weighted by atomic mass is 10.3. The van der Waals surface area contributed by atoms with E-state index in [1.807, 2.05) is 6.92 Å². The fourth-order valence-electron chi connectivity index (χ4n) is 0.982. The van der Waals surface area contributed by atoms with Gasteiger partial charge in [-0.15, -0.1) is 0 Å². The standard InChI is InChI=1S/C12H18O5/c1-4-11(13)16-9-10(7-8-15-6-3)17-12(14)5-2/h4-5,10H,1-2,6-9H2,3H3. The van der Waals surface area contributed by atoms with E-state index in [-0.39, 0.29) is 6.61 Å². The second-order valence-electron chi connectivity index (χ2n) is 3.08. The molecule has 0 heterocycles. The normalized spacial score (nSPS) is 11.4. The molecule has 0 aliphatic rings. The van der Waals surface area contributed by atoms with E-state index in [2.05, 4.69) is 13.2 Å². The average molecular weight is 242 g/mol. The van der Waals surface area contributed by atoms with Crippen LogP contribution in [0.1, 0.15) is 13.3 Å². The van der Waals surface area contributed by atoms with Gasteiger partial charge in [-0.2, -0.15) is 0 Å². The van der Waals surface area contributed by atoms with Crippen LogP contribution in [0.2, 0.25) is 0 Å².